The summed E-state index contributed by atoms with van der Waals surface area (Å²) in [6.45, 7) is -0.693. The average molecular weight is 651 g/mol. The molecule has 3 aromatic carbocycles. The maximum atomic E-state index is 14.5. The first kappa shape index (κ1) is 35.5. The second-order valence-electron chi connectivity index (χ2n) is 10.4. The van der Waals surface area contributed by atoms with E-state index in [2.05, 4.69) is 4.74 Å². The van der Waals surface area contributed by atoms with Crippen LogP contribution < -0.4 is 11.5 Å². The van der Waals surface area contributed by atoms with Crippen LogP contribution in [0.2, 0.25) is 0 Å². The third kappa shape index (κ3) is 8.60. The number of carbonyl (C=O) groups excluding carboxylic acids is 2. The van der Waals surface area contributed by atoms with Crippen LogP contribution in [0.3, 0.4) is 0 Å². The monoisotopic (exact) mass is 650 g/mol. The Morgan fingerprint density at radius 2 is 1.42 bits per heavy atom. The molecule has 2 amide bonds. The van der Waals surface area contributed by atoms with Gasteiger partial charge in [-0.25, -0.2) is 18.1 Å². The lowest BCUT2D eigenvalue weighted by Gasteiger charge is -2.34. The summed E-state index contributed by atoms with van der Waals surface area (Å²) >= 11 is 0. The summed E-state index contributed by atoms with van der Waals surface area (Å²) in [6, 6.07) is 16.9. The number of methoxy groups -OCH3 is 1. The Balaban J connectivity index is 1.88. The fourth-order valence-electron chi connectivity index (χ4n) is 5.08. The van der Waals surface area contributed by atoms with E-state index in [0.29, 0.717) is 16.8 Å². The number of nitrogens with two attached hydrogens (primary N) is 2. The molecule has 0 bridgehead atoms. The fraction of sp³-hybridized carbons (Fsp3) is 0.355. The van der Waals surface area contributed by atoms with Crippen LogP contribution in [-0.2, 0) is 19.6 Å². The zero-order valence-corrected chi connectivity index (χ0v) is 25.6. The normalized spacial score (nSPS) is 14.2. The van der Waals surface area contributed by atoms with E-state index in [4.69, 9.17) is 11.5 Å². The number of halogens is 3. The Labute approximate surface area is 260 Å². The molecular formula is C31H37F3N4O6S. The van der Waals surface area contributed by atoms with Gasteiger partial charge in [-0.2, -0.15) is 17.5 Å². The van der Waals surface area contributed by atoms with Crippen LogP contribution in [0.1, 0.15) is 36.3 Å². The molecule has 0 saturated carbocycles. The molecule has 10 nitrogen and oxygen atoms in total. The summed E-state index contributed by atoms with van der Waals surface area (Å²) in [4.78, 5) is 26.4. The van der Waals surface area contributed by atoms with Gasteiger partial charge in [0, 0.05) is 24.7 Å². The minimum Gasteiger partial charge on any atom is -0.452 e. The zero-order valence-electron chi connectivity index (χ0n) is 24.8. The highest BCUT2D eigenvalue weighted by atomic mass is 32.2. The minimum absolute atomic E-state index is 0.00761. The number of carbonyl (C=O) groups is 2. The van der Waals surface area contributed by atoms with Crippen LogP contribution in [-0.4, -0.2) is 79.8 Å². The van der Waals surface area contributed by atoms with Gasteiger partial charge in [-0.15, -0.1) is 0 Å². The van der Waals surface area contributed by atoms with Gasteiger partial charge in [-0.3, -0.25) is 4.79 Å². The summed E-state index contributed by atoms with van der Waals surface area (Å²) in [5.74, 6) is -2.20. The van der Waals surface area contributed by atoms with E-state index >= 15 is 0 Å². The number of rotatable bonds is 13. The van der Waals surface area contributed by atoms with E-state index in [1.807, 2.05) is 0 Å². The van der Waals surface area contributed by atoms with Crippen molar-refractivity contribution in [3.05, 3.63) is 96.1 Å². The molecule has 0 spiro atoms. The Kier molecular flexibility index (Phi) is 12.1. The first-order valence-corrected chi connectivity index (χ1v) is 15.5. The van der Waals surface area contributed by atoms with E-state index in [1.54, 1.807) is 60.7 Å². The lowest BCUT2D eigenvalue weighted by Crippen LogP contribution is -2.57. The first-order valence-electron chi connectivity index (χ1n) is 14.0. The number of aliphatic hydroxyl groups excluding tert-OH is 1. The molecule has 3 aromatic rings. The minimum atomic E-state index is -5.09. The lowest BCUT2D eigenvalue weighted by molar-refractivity contribution is -0.187. The summed E-state index contributed by atoms with van der Waals surface area (Å²) in [5, 5.41) is 9.95. The molecule has 0 radical (unpaired) electrons. The molecule has 0 heterocycles. The number of hydrogen-bond donors (Lipinski definition) is 3. The van der Waals surface area contributed by atoms with Crippen LogP contribution in [0, 0.1) is 0 Å². The Morgan fingerprint density at radius 1 is 0.911 bits per heavy atom. The highest BCUT2D eigenvalue weighted by Gasteiger charge is 2.50. The number of sulfonamides is 1. The average Bonchev–Trinajstić information content (AvgIpc) is 3.02. The number of benzene rings is 3. The van der Waals surface area contributed by atoms with E-state index < -0.39 is 65.3 Å². The molecule has 3 atom stereocenters. The molecule has 45 heavy (non-hydrogen) atoms. The van der Waals surface area contributed by atoms with Crippen molar-refractivity contribution in [3.63, 3.8) is 0 Å². The zero-order chi connectivity index (χ0) is 33.4. The molecule has 0 saturated heterocycles. The van der Waals surface area contributed by atoms with Gasteiger partial charge in [0.15, 0.2) is 0 Å². The molecule has 0 aromatic heterocycles. The van der Waals surface area contributed by atoms with Crippen LogP contribution in [0.4, 0.5) is 23.7 Å². The van der Waals surface area contributed by atoms with E-state index in [-0.39, 0.29) is 22.6 Å². The predicted molar refractivity (Wildman–Crippen MR) is 162 cm³/mol. The van der Waals surface area contributed by atoms with Crippen molar-refractivity contribution in [1.29, 1.82) is 0 Å². The van der Waals surface area contributed by atoms with Crippen molar-refractivity contribution in [3.8, 4) is 0 Å². The van der Waals surface area contributed by atoms with Crippen molar-refractivity contribution in [1.82, 2.24) is 9.21 Å². The summed E-state index contributed by atoms with van der Waals surface area (Å²) in [7, 11) is -2.07. The third-order valence-electron chi connectivity index (χ3n) is 7.56. The number of anilines is 1. The lowest BCUT2D eigenvalue weighted by atomic mass is 9.84. The van der Waals surface area contributed by atoms with E-state index in [1.165, 1.54) is 31.3 Å². The number of aliphatic hydroxyl groups is 1. The smallest absolute Gasteiger partial charge is 0.416 e. The number of amides is 2. The second kappa shape index (κ2) is 15.3. The number of nitrogen functional groups attached to an aromatic ring is 1. The molecule has 14 heteroatoms. The van der Waals surface area contributed by atoms with Crippen molar-refractivity contribution >= 4 is 27.7 Å². The quantitative estimate of drug-likeness (QED) is 0.234. The van der Waals surface area contributed by atoms with Crippen molar-refractivity contribution in [2.24, 2.45) is 5.73 Å². The Bertz CT molecular complexity index is 1470. The van der Waals surface area contributed by atoms with Crippen LogP contribution >= 0.6 is 0 Å². The Morgan fingerprint density at radius 3 is 1.87 bits per heavy atom. The van der Waals surface area contributed by atoms with Gasteiger partial charge < -0.3 is 21.3 Å². The van der Waals surface area contributed by atoms with Crippen molar-refractivity contribution in [2.75, 3.05) is 26.5 Å². The van der Waals surface area contributed by atoms with Gasteiger partial charge in [0.05, 0.1) is 24.7 Å². The SMILES string of the molecule is COC(=O)N(C(=O)[C@@H](N)C(c1ccccc1)c1ccccc1)[C@H](CCC[C@@H](CO)N(C)S(=O)(=O)c1ccc(N)cc1)C(F)(F)F. The highest BCUT2D eigenvalue weighted by molar-refractivity contribution is 7.89. The molecule has 3 rings (SSSR count). The summed E-state index contributed by atoms with van der Waals surface area (Å²) in [5.41, 5.74) is 13.4. The van der Waals surface area contributed by atoms with Crippen LogP contribution in [0.5, 0.6) is 0 Å². The topological polar surface area (TPSA) is 156 Å². The second-order valence-corrected chi connectivity index (χ2v) is 12.4. The van der Waals surface area contributed by atoms with Crippen LogP contribution in [0.15, 0.2) is 89.8 Å². The van der Waals surface area contributed by atoms with E-state index in [0.717, 1.165) is 11.4 Å². The molecule has 0 fully saturated rings. The number of hydrogen-bond acceptors (Lipinski definition) is 8. The van der Waals surface area contributed by atoms with Gasteiger partial charge in [0.25, 0.3) is 0 Å². The molecule has 244 valence electrons. The fourth-order valence-corrected chi connectivity index (χ4v) is 6.45. The standard InChI is InChI=1S/C31H37F3N4O6S/c1-37(45(42,43)25-18-16-23(35)17-19-25)24(20-39)14-9-15-26(31(32,33)34)38(30(41)44-2)29(40)28(36)27(21-10-5-3-6-11-21)22-12-7-4-8-13-22/h3-8,10-13,16-19,24,26-28,39H,9,14-15,20,35-36H2,1-2H3/t24-,26+,28-/m0/s1. The van der Waals surface area contributed by atoms with Gasteiger partial charge in [0.1, 0.15) is 6.04 Å². The summed E-state index contributed by atoms with van der Waals surface area (Å²) < 4.78 is 75.2. The van der Waals surface area contributed by atoms with Crippen LogP contribution in [0.25, 0.3) is 0 Å². The molecule has 0 unspecified atom stereocenters. The van der Waals surface area contributed by atoms with Gasteiger partial charge in [-0.05, 0) is 54.7 Å². The highest BCUT2D eigenvalue weighted by Crippen LogP contribution is 2.34. The Hall–Kier alpha value is -3.98. The number of imide groups is 1. The number of likely N-dealkylation sites (N-methyl/N-ethyl adjacent to an activating group) is 1. The van der Waals surface area contributed by atoms with Gasteiger partial charge in [0.2, 0.25) is 15.9 Å². The maximum absolute atomic E-state index is 14.5. The molecule has 0 aliphatic rings. The number of ether oxygens (including phenoxy) is 1. The third-order valence-corrected chi connectivity index (χ3v) is 9.48. The van der Waals surface area contributed by atoms with Crippen molar-refractivity contribution in [2.45, 2.75) is 54.4 Å². The van der Waals surface area contributed by atoms with Crippen molar-refractivity contribution < 1.29 is 41.0 Å². The maximum Gasteiger partial charge on any atom is 0.416 e. The van der Waals surface area contributed by atoms with E-state index in [9.17, 15) is 36.3 Å². The molecule has 0 aliphatic heterocycles. The summed E-state index contributed by atoms with van der Waals surface area (Å²) in [6.07, 6.45) is -7.98. The predicted octanol–water partition coefficient (Wildman–Crippen LogP) is 4.11. The molecule has 0 aliphatic carbocycles. The first-order chi connectivity index (χ1) is 21.2. The number of nitrogens with zero attached hydrogens (tertiary/aromatic N) is 2. The molecular weight excluding hydrogens is 613 g/mol. The number of alkyl halides is 3. The molecule has 5 N–H and O–H groups in total. The van der Waals surface area contributed by atoms with Gasteiger partial charge in [-0.1, -0.05) is 60.7 Å². The largest absolute Gasteiger partial charge is 0.452 e. The van der Waals surface area contributed by atoms with Gasteiger partial charge >= 0.3 is 12.3 Å².